The predicted octanol–water partition coefficient (Wildman–Crippen LogP) is 4.16. The maximum Gasteiger partial charge on any atom is 0.289 e. The number of allylic oxidation sites excluding steroid dienone is 1. The fourth-order valence-electron chi connectivity index (χ4n) is 4.76. The second kappa shape index (κ2) is 11.5. The van der Waals surface area contributed by atoms with Crippen molar-refractivity contribution in [1.82, 2.24) is 19.7 Å². The third kappa shape index (κ3) is 5.30. The summed E-state index contributed by atoms with van der Waals surface area (Å²) in [5, 5.41) is 19.5. The first kappa shape index (κ1) is 26.2. The number of halogens is 3. The standard InChI is InChI=1S/C25H30ClF2N5O3/c1-16(23(26)25(35)33(29-2)22-9-5-6-12-36-22)31-11-10-21-19(14-31)20(15-34)30-32(21)13-17-7-3-4-8-18(17)24(27)28/h3-4,7-8,22,24,34H,2,5-6,9-15H2,1H3/b23-16-. The van der Waals surface area contributed by atoms with Crippen LogP contribution in [0.15, 0.2) is 40.1 Å². The normalized spacial score (nSPS) is 18.6. The second-order valence-corrected chi connectivity index (χ2v) is 9.25. The molecule has 0 bridgehead atoms. The van der Waals surface area contributed by atoms with E-state index in [4.69, 9.17) is 16.3 Å². The summed E-state index contributed by atoms with van der Waals surface area (Å²) in [6.07, 6.45) is -0.0125. The van der Waals surface area contributed by atoms with Crippen LogP contribution in [0, 0.1) is 0 Å². The number of carbonyl (C=O) groups is 1. The zero-order valence-electron chi connectivity index (χ0n) is 20.2. The number of hydrazone groups is 1. The number of amides is 1. The van der Waals surface area contributed by atoms with Gasteiger partial charge in [-0.25, -0.2) is 13.8 Å². The van der Waals surface area contributed by atoms with E-state index in [0.717, 1.165) is 24.1 Å². The molecule has 0 aliphatic carbocycles. The number of fused-ring (bicyclic) bond motifs is 1. The summed E-state index contributed by atoms with van der Waals surface area (Å²) in [4.78, 5) is 15.0. The third-order valence-electron chi connectivity index (χ3n) is 6.75. The van der Waals surface area contributed by atoms with Crippen LogP contribution in [0.3, 0.4) is 0 Å². The molecule has 11 heteroatoms. The minimum absolute atomic E-state index is 0.0174. The lowest BCUT2D eigenvalue weighted by Crippen LogP contribution is -2.41. The molecule has 1 aromatic carbocycles. The molecular weight excluding hydrogens is 492 g/mol. The van der Waals surface area contributed by atoms with Gasteiger partial charge in [-0.3, -0.25) is 9.48 Å². The van der Waals surface area contributed by atoms with Gasteiger partial charge in [-0.15, -0.1) is 0 Å². The number of hydrogen-bond donors (Lipinski definition) is 1. The van der Waals surface area contributed by atoms with Gasteiger partial charge in [0.25, 0.3) is 12.3 Å². The number of carbonyl (C=O) groups excluding carboxylic acids is 1. The molecule has 1 fully saturated rings. The fraction of sp³-hybridized carbons (Fsp3) is 0.480. The van der Waals surface area contributed by atoms with Gasteiger partial charge in [0.15, 0.2) is 6.23 Å². The van der Waals surface area contributed by atoms with E-state index in [-0.39, 0.29) is 23.7 Å². The van der Waals surface area contributed by atoms with E-state index in [1.807, 2.05) is 4.90 Å². The van der Waals surface area contributed by atoms with Crippen molar-refractivity contribution in [3.63, 3.8) is 0 Å². The monoisotopic (exact) mass is 521 g/mol. The largest absolute Gasteiger partial charge is 0.390 e. The highest BCUT2D eigenvalue weighted by molar-refractivity contribution is 6.42. The summed E-state index contributed by atoms with van der Waals surface area (Å²) < 4.78 is 34.3. The van der Waals surface area contributed by atoms with Crippen LogP contribution in [-0.2, 0) is 35.6 Å². The maximum atomic E-state index is 13.5. The van der Waals surface area contributed by atoms with Crippen molar-refractivity contribution in [2.45, 2.75) is 65.0 Å². The van der Waals surface area contributed by atoms with E-state index in [9.17, 15) is 18.7 Å². The summed E-state index contributed by atoms with van der Waals surface area (Å²) in [6, 6.07) is 6.39. The molecule has 36 heavy (non-hydrogen) atoms. The molecule has 2 aliphatic rings. The average Bonchev–Trinajstić information content (AvgIpc) is 3.25. The average molecular weight is 522 g/mol. The lowest BCUT2D eigenvalue weighted by Gasteiger charge is -2.33. The van der Waals surface area contributed by atoms with Crippen molar-refractivity contribution in [1.29, 1.82) is 0 Å². The van der Waals surface area contributed by atoms with Gasteiger partial charge >= 0.3 is 0 Å². The van der Waals surface area contributed by atoms with Gasteiger partial charge in [0.05, 0.1) is 18.8 Å². The van der Waals surface area contributed by atoms with Crippen molar-refractivity contribution in [2.24, 2.45) is 5.10 Å². The van der Waals surface area contributed by atoms with E-state index >= 15 is 0 Å². The van der Waals surface area contributed by atoms with Crippen LogP contribution in [0.2, 0.25) is 0 Å². The summed E-state index contributed by atoms with van der Waals surface area (Å²) in [7, 11) is 0. The number of rotatable bonds is 8. The smallest absolute Gasteiger partial charge is 0.289 e. The molecule has 0 radical (unpaired) electrons. The summed E-state index contributed by atoms with van der Waals surface area (Å²) in [6.45, 7) is 6.62. The van der Waals surface area contributed by atoms with E-state index in [2.05, 4.69) is 16.9 Å². The molecule has 1 N–H and O–H groups in total. The summed E-state index contributed by atoms with van der Waals surface area (Å²) in [5.74, 6) is -0.483. The topological polar surface area (TPSA) is 83.2 Å². The van der Waals surface area contributed by atoms with Crippen LogP contribution in [0.1, 0.15) is 60.7 Å². The number of aromatic nitrogens is 2. The first-order valence-electron chi connectivity index (χ1n) is 11.9. The van der Waals surface area contributed by atoms with Crippen LogP contribution in [-0.4, -0.2) is 56.8 Å². The van der Waals surface area contributed by atoms with Gasteiger partial charge < -0.3 is 14.7 Å². The molecule has 1 amide bonds. The lowest BCUT2D eigenvalue weighted by molar-refractivity contribution is -0.146. The van der Waals surface area contributed by atoms with Crippen LogP contribution in [0.4, 0.5) is 8.78 Å². The van der Waals surface area contributed by atoms with Gasteiger partial charge in [0, 0.05) is 55.4 Å². The van der Waals surface area contributed by atoms with Gasteiger partial charge in [0.2, 0.25) is 0 Å². The zero-order chi connectivity index (χ0) is 25.8. The molecule has 1 aromatic heterocycles. The Labute approximate surface area is 213 Å². The molecule has 3 heterocycles. The quantitative estimate of drug-likeness (QED) is 0.320. The molecule has 0 saturated carbocycles. The number of aliphatic hydroxyl groups excluding tert-OH is 1. The Morgan fingerprint density at radius 2 is 2.17 bits per heavy atom. The number of ether oxygens (including phenoxy) is 1. The van der Waals surface area contributed by atoms with Gasteiger partial charge in [-0.2, -0.15) is 10.2 Å². The molecule has 2 aromatic rings. The Morgan fingerprint density at radius 1 is 1.39 bits per heavy atom. The Hall–Kier alpha value is -2.82. The molecular formula is C25H30ClF2N5O3. The molecule has 8 nitrogen and oxygen atoms in total. The van der Waals surface area contributed by atoms with E-state index in [1.165, 1.54) is 11.1 Å². The van der Waals surface area contributed by atoms with Crippen LogP contribution < -0.4 is 0 Å². The lowest BCUT2D eigenvalue weighted by atomic mass is 10.0. The molecule has 1 unspecified atom stereocenters. The van der Waals surface area contributed by atoms with Gasteiger partial charge in [-0.1, -0.05) is 35.9 Å². The first-order valence-corrected chi connectivity index (χ1v) is 12.3. The SMILES string of the molecule is C=NN(C(=O)/C(Cl)=C(\C)N1CCc2c(c(CO)nn2Cc2ccccc2C(F)F)C1)C1CCCCO1. The van der Waals surface area contributed by atoms with Crippen molar-refractivity contribution < 1.29 is 23.4 Å². The Kier molecular flexibility index (Phi) is 8.38. The van der Waals surface area contributed by atoms with Crippen LogP contribution in [0.5, 0.6) is 0 Å². The molecule has 2 aliphatic heterocycles. The molecule has 1 saturated heterocycles. The van der Waals surface area contributed by atoms with Crippen LogP contribution >= 0.6 is 11.6 Å². The molecule has 4 rings (SSSR count). The molecule has 0 spiro atoms. The summed E-state index contributed by atoms with van der Waals surface area (Å²) >= 11 is 6.53. The highest BCUT2D eigenvalue weighted by Crippen LogP contribution is 2.30. The minimum atomic E-state index is -2.59. The number of aliphatic hydroxyl groups is 1. The Balaban J connectivity index is 1.56. The number of alkyl halides is 2. The first-order chi connectivity index (χ1) is 17.3. The highest BCUT2D eigenvalue weighted by Gasteiger charge is 2.31. The number of nitrogens with zero attached hydrogens (tertiary/aromatic N) is 5. The molecule has 1 atom stereocenters. The van der Waals surface area contributed by atoms with Crippen molar-refractivity contribution in [3.8, 4) is 0 Å². The highest BCUT2D eigenvalue weighted by atomic mass is 35.5. The van der Waals surface area contributed by atoms with E-state index < -0.39 is 18.6 Å². The molecule has 194 valence electrons. The van der Waals surface area contributed by atoms with E-state index in [0.29, 0.717) is 49.5 Å². The van der Waals surface area contributed by atoms with Crippen molar-refractivity contribution >= 4 is 24.2 Å². The number of hydrogen-bond acceptors (Lipinski definition) is 6. The minimum Gasteiger partial charge on any atom is -0.390 e. The zero-order valence-corrected chi connectivity index (χ0v) is 20.9. The summed E-state index contributed by atoms with van der Waals surface area (Å²) in [5.41, 5.74) is 3.18. The predicted molar refractivity (Wildman–Crippen MR) is 131 cm³/mol. The third-order valence-corrected chi connectivity index (χ3v) is 7.18. The van der Waals surface area contributed by atoms with Gasteiger partial charge in [0.1, 0.15) is 5.03 Å². The number of benzene rings is 1. The Morgan fingerprint density at radius 3 is 2.83 bits per heavy atom. The second-order valence-electron chi connectivity index (χ2n) is 8.87. The maximum absolute atomic E-state index is 13.5. The van der Waals surface area contributed by atoms with Crippen molar-refractivity contribution in [2.75, 3.05) is 13.2 Å². The van der Waals surface area contributed by atoms with Gasteiger partial charge in [-0.05, 0) is 31.7 Å². The van der Waals surface area contributed by atoms with Crippen LogP contribution in [0.25, 0.3) is 0 Å². The fourth-order valence-corrected chi connectivity index (χ4v) is 4.96. The van der Waals surface area contributed by atoms with E-state index in [1.54, 1.807) is 29.8 Å². The van der Waals surface area contributed by atoms with Crippen molar-refractivity contribution in [3.05, 3.63) is 63.1 Å². The Bertz CT molecular complexity index is 1150.